The van der Waals surface area contributed by atoms with Crippen LogP contribution in [-0.2, 0) is 6.54 Å². The van der Waals surface area contributed by atoms with E-state index in [1.165, 1.54) is 57.4 Å². The predicted molar refractivity (Wildman–Crippen MR) is 103 cm³/mol. The Kier molecular flexibility index (Phi) is 6.65. The fourth-order valence-corrected chi connectivity index (χ4v) is 4.75. The van der Waals surface area contributed by atoms with Gasteiger partial charge in [-0.05, 0) is 43.7 Å². The van der Waals surface area contributed by atoms with Crippen molar-refractivity contribution in [2.45, 2.75) is 45.2 Å². The van der Waals surface area contributed by atoms with Gasteiger partial charge in [0.25, 0.3) is 0 Å². The Morgan fingerprint density at radius 2 is 1.50 bits per heavy atom. The van der Waals surface area contributed by atoms with E-state index in [2.05, 4.69) is 13.0 Å². The summed E-state index contributed by atoms with van der Waals surface area (Å²) >= 11 is 0. The van der Waals surface area contributed by atoms with Crippen LogP contribution in [0.2, 0.25) is 0 Å². The van der Waals surface area contributed by atoms with E-state index in [1.807, 2.05) is 11.0 Å². The van der Waals surface area contributed by atoms with Gasteiger partial charge in [-0.1, -0.05) is 6.92 Å². The number of benzene rings is 1. The van der Waals surface area contributed by atoms with Crippen LogP contribution in [0.3, 0.4) is 0 Å². The van der Waals surface area contributed by atoms with Crippen LogP contribution in [0.15, 0.2) is 12.1 Å². The summed E-state index contributed by atoms with van der Waals surface area (Å²) in [5, 5.41) is 0. The molecule has 0 aromatic heterocycles. The number of nitrogens with one attached hydrogen (secondary N) is 2. The Bertz CT molecular complexity index is 577. The minimum absolute atomic E-state index is 0.701. The summed E-state index contributed by atoms with van der Waals surface area (Å²) in [5.74, 6) is 3.18. The van der Waals surface area contributed by atoms with Crippen molar-refractivity contribution in [2.75, 3.05) is 47.5 Å². The van der Waals surface area contributed by atoms with Gasteiger partial charge in [0.05, 0.1) is 32.9 Å². The topological polar surface area (TPSA) is 36.6 Å². The van der Waals surface area contributed by atoms with Crippen LogP contribution >= 0.6 is 0 Å². The molecule has 0 radical (unpaired) electrons. The van der Waals surface area contributed by atoms with Gasteiger partial charge in [-0.3, -0.25) is 0 Å². The number of hydrogen-bond donors (Lipinski definition) is 2. The molecule has 1 heterocycles. The van der Waals surface area contributed by atoms with Crippen LogP contribution in [0.5, 0.6) is 17.2 Å². The summed E-state index contributed by atoms with van der Waals surface area (Å²) < 4.78 is 16.6. The number of ether oxygens (including phenoxy) is 3. The van der Waals surface area contributed by atoms with Crippen molar-refractivity contribution in [2.24, 2.45) is 5.92 Å². The third-order valence-electron chi connectivity index (χ3n) is 6.42. The van der Waals surface area contributed by atoms with Crippen LogP contribution in [0, 0.1) is 5.92 Å². The van der Waals surface area contributed by atoms with Gasteiger partial charge >= 0.3 is 0 Å². The maximum atomic E-state index is 5.65. The quantitative estimate of drug-likeness (QED) is 0.775. The third-order valence-corrected chi connectivity index (χ3v) is 6.42. The lowest BCUT2D eigenvalue weighted by Crippen LogP contribution is -3.29. The van der Waals surface area contributed by atoms with Gasteiger partial charge in [-0.15, -0.1) is 0 Å². The molecule has 0 unspecified atom stereocenters. The molecule has 0 atom stereocenters. The number of methoxy groups -OCH3 is 3. The average Bonchev–Trinajstić information content (AvgIpc) is 2.68. The van der Waals surface area contributed by atoms with E-state index < -0.39 is 0 Å². The zero-order valence-electron chi connectivity index (χ0n) is 16.9. The SMILES string of the molecule is COc1ccc(C[NH+]2CC[NH+](C3CCC(C)CC3)CC2)c(OC)c1OC. The molecule has 1 saturated heterocycles. The van der Waals surface area contributed by atoms with E-state index in [0.717, 1.165) is 30.0 Å². The van der Waals surface area contributed by atoms with E-state index >= 15 is 0 Å². The van der Waals surface area contributed by atoms with E-state index in [9.17, 15) is 0 Å². The van der Waals surface area contributed by atoms with Gasteiger partial charge in [0, 0.05) is 0 Å². The monoisotopic (exact) mass is 364 g/mol. The van der Waals surface area contributed by atoms with E-state index in [-0.39, 0.29) is 0 Å². The van der Waals surface area contributed by atoms with Gasteiger partial charge in [-0.25, -0.2) is 0 Å². The summed E-state index contributed by atoms with van der Waals surface area (Å²) in [5.41, 5.74) is 1.20. The van der Waals surface area contributed by atoms with Gasteiger partial charge in [0.1, 0.15) is 32.7 Å². The molecule has 1 aliphatic carbocycles. The van der Waals surface area contributed by atoms with Crippen LogP contribution in [0.25, 0.3) is 0 Å². The second kappa shape index (κ2) is 8.96. The smallest absolute Gasteiger partial charge is 0.203 e. The molecule has 0 spiro atoms. The second-order valence-corrected chi connectivity index (χ2v) is 8.04. The highest BCUT2D eigenvalue weighted by atomic mass is 16.5. The fourth-order valence-electron chi connectivity index (χ4n) is 4.75. The first-order valence-corrected chi connectivity index (χ1v) is 10.1. The normalized spacial score (nSPS) is 29.2. The first kappa shape index (κ1) is 19.3. The molecule has 2 aliphatic rings. The molecule has 1 aliphatic heterocycles. The molecular weight excluding hydrogens is 328 g/mol. The molecule has 146 valence electrons. The Labute approximate surface area is 158 Å². The minimum Gasteiger partial charge on any atom is -0.493 e. The van der Waals surface area contributed by atoms with Crippen molar-refractivity contribution < 1.29 is 24.0 Å². The summed E-state index contributed by atoms with van der Waals surface area (Å²) in [7, 11) is 5.04. The van der Waals surface area contributed by atoms with Gasteiger partial charge < -0.3 is 24.0 Å². The molecule has 3 rings (SSSR count). The summed E-state index contributed by atoms with van der Waals surface area (Å²) in [6.07, 6.45) is 5.70. The Morgan fingerprint density at radius 1 is 0.846 bits per heavy atom. The highest BCUT2D eigenvalue weighted by molar-refractivity contribution is 5.55. The molecule has 2 N–H and O–H groups in total. The molecule has 26 heavy (non-hydrogen) atoms. The van der Waals surface area contributed by atoms with Crippen LogP contribution in [-0.4, -0.2) is 53.6 Å². The predicted octanol–water partition coefficient (Wildman–Crippen LogP) is 0.575. The lowest BCUT2D eigenvalue weighted by molar-refractivity contribution is -1.03. The first-order chi connectivity index (χ1) is 12.7. The van der Waals surface area contributed by atoms with Gasteiger partial charge in [-0.2, -0.15) is 0 Å². The largest absolute Gasteiger partial charge is 0.493 e. The molecule has 2 fully saturated rings. The molecule has 1 saturated carbocycles. The van der Waals surface area contributed by atoms with E-state index in [4.69, 9.17) is 14.2 Å². The Balaban J connectivity index is 1.59. The standard InChI is InChI=1S/C21H34N2O3/c1-16-5-8-18(9-6-16)23-13-11-22(12-14-23)15-17-7-10-19(24-2)21(26-4)20(17)25-3/h7,10,16,18H,5-6,8-9,11-15H2,1-4H3/p+2. The van der Waals surface area contributed by atoms with Crippen molar-refractivity contribution in [3.8, 4) is 17.2 Å². The maximum Gasteiger partial charge on any atom is 0.203 e. The minimum atomic E-state index is 0.701. The van der Waals surface area contributed by atoms with E-state index in [1.54, 1.807) is 26.2 Å². The molecule has 1 aromatic carbocycles. The van der Waals surface area contributed by atoms with Crippen molar-refractivity contribution >= 4 is 0 Å². The number of quaternary nitrogens is 2. The summed E-state index contributed by atoms with van der Waals surface area (Å²) in [4.78, 5) is 3.49. The second-order valence-electron chi connectivity index (χ2n) is 8.04. The summed E-state index contributed by atoms with van der Waals surface area (Å²) in [6, 6.07) is 5.01. The molecule has 5 heteroatoms. The fraction of sp³-hybridized carbons (Fsp3) is 0.714. The molecular formula is C21H36N2O3+2. The first-order valence-electron chi connectivity index (χ1n) is 10.1. The molecule has 1 aromatic rings. The van der Waals surface area contributed by atoms with Crippen molar-refractivity contribution in [3.05, 3.63) is 17.7 Å². The van der Waals surface area contributed by atoms with E-state index in [0.29, 0.717) is 5.75 Å². The van der Waals surface area contributed by atoms with Crippen LogP contribution in [0.1, 0.15) is 38.2 Å². The average molecular weight is 365 g/mol. The number of hydrogen-bond acceptors (Lipinski definition) is 3. The third kappa shape index (κ3) is 4.26. The summed E-state index contributed by atoms with van der Waals surface area (Å²) in [6.45, 7) is 8.45. The van der Waals surface area contributed by atoms with Crippen LogP contribution in [0.4, 0.5) is 0 Å². The Morgan fingerprint density at radius 3 is 2.08 bits per heavy atom. The highest BCUT2D eigenvalue weighted by Gasteiger charge is 2.32. The van der Waals surface area contributed by atoms with Crippen molar-refractivity contribution in [1.82, 2.24) is 0 Å². The van der Waals surface area contributed by atoms with Crippen molar-refractivity contribution in [1.29, 1.82) is 0 Å². The van der Waals surface area contributed by atoms with Gasteiger partial charge in [0.15, 0.2) is 11.5 Å². The Hall–Kier alpha value is -1.46. The van der Waals surface area contributed by atoms with Crippen molar-refractivity contribution in [3.63, 3.8) is 0 Å². The molecule has 0 bridgehead atoms. The molecule has 0 amide bonds. The molecule has 5 nitrogen and oxygen atoms in total. The zero-order chi connectivity index (χ0) is 18.5. The number of piperazine rings is 1. The maximum absolute atomic E-state index is 5.65. The zero-order valence-corrected chi connectivity index (χ0v) is 16.9. The lowest BCUT2D eigenvalue weighted by atomic mass is 9.86. The van der Waals surface area contributed by atoms with Crippen LogP contribution < -0.4 is 24.0 Å². The lowest BCUT2D eigenvalue weighted by Gasteiger charge is -2.37. The number of rotatable bonds is 6. The van der Waals surface area contributed by atoms with Gasteiger partial charge in [0.2, 0.25) is 5.75 Å². The highest BCUT2D eigenvalue weighted by Crippen LogP contribution is 2.39.